The predicted octanol–water partition coefficient (Wildman–Crippen LogP) is 1.85. The van der Waals surface area contributed by atoms with Crippen LogP contribution in [0.1, 0.15) is 27.7 Å². The van der Waals surface area contributed by atoms with Gasteiger partial charge in [-0.2, -0.15) is 5.26 Å². The highest BCUT2D eigenvalue weighted by atomic mass is 32.2. The van der Waals surface area contributed by atoms with Crippen LogP contribution in [0.4, 0.5) is 0 Å². The SMILES string of the molecule is CCn1c(SCC(=O)N[C@](C)(C#N)C(C)C)nc2cc(S(N)(=O)=O)ccc21. The molecular formula is C17H23N5O3S2. The van der Waals surface area contributed by atoms with Crippen LogP contribution in [0.3, 0.4) is 0 Å². The summed E-state index contributed by atoms with van der Waals surface area (Å²) >= 11 is 1.23. The number of nitrogens with two attached hydrogens (primary N) is 1. The first-order valence-electron chi connectivity index (χ1n) is 8.40. The van der Waals surface area contributed by atoms with Gasteiger partial charge in [0.15, 0.2) is 5.16 Å². The number of sulfonamides is 1. The molecule has 8 nitrogen and oxygen atoms in total. The number of aryl methyl sites for hydroxylation is 1. The number of nitrogens with zero attached hydrogens (tertiary/aromatic N) is 3. The Bertz CT molecular complexity index is 1010. The van der Waals surface area contributed by atoms with Gasteiger partial charge < -0.3 is 9.88 Å². The van der Waals surface area contributed by atoms with E-state index in [1.54, 1.807) is 13.0 Å². The number of thioether (sulfide) groups is 1. The number of hydrogen-bond donors (Lipinski definition) is 2. The second-order valence-corrected chi connectivity index (χ2v) is 9.14. The maximum absolute atomic E-state index is 12.3. The normalized spacial score (nSPS) is 14.1. The van der Waals surface area contributed by atoms with Crippen LogP contribution in [0.5, 0.6) is 0 Å². The van der Waals surface area contributed by atoms with E-state index in [2.05, 4.69) is 16.4 Å². The zero-order chi connectivity index (χ0) is 20.4. The first kappa shape index (κ1) is 21.2. The summed E-state index contributed by atoms with van der Waals surface area (Å²) in [7, 11) is -3.81. The molecule has 1 aromatic carbocycles. The van der Waals surface area contributed by atoms with E-state index in [1.807, 2.05) is 25.3 Å². The molecule has 1 heterocycles. The predicted molar refractivity (Wildman–Crippen MR) is 105 cm³/mol. The highest BCUT2D eigenvalue weighted by molar-refractivity contribution is 7.99. The fraction of sp³-hybridized carbons (Fsp3) is 0.471. The summed E-state index contributed by atoms with van der Waals surface area (Å²) in [4.78, 5) is 16.7. The number of hydrogen-bond acceptors (Lipinski definition) is 6. The number of carbonyl (C=O) groups is 1. The van der Waals surface area contributed by atoms with Gasteiger partial charge in [-0.15, -0.1) is 0 Å². The van der Waals surface area contributed by atoms with Crippen LogP contribution < -0.4 is 10.5 Å². The summed E-state index contributed by atoms with van der Waals surface area (Å²) < 4.78 is 25.0. The summed E-state index contributed by atoms with van der Waals surface area (Å²) in [6, 6.07) is 6.66. The minimum atomic E-state index is -3.81. The van der Waals surface area contributed by atoms with Gasteiger partial charge in [0, 0.05) is 6.54 Å². The summed E-state index contributed by atoms with van der Waals surface area (Å²) in [5, 5.41) is 17.8. The minimum absolute atomic E-state index is 0.00762. The molecule has 0 unspecified atom stereocenters. The zero-order valence-electron chi connectivity index (χ0n) is 15.7. The van der Waals surface area contributed by atoms with Crippen molar-refractivity contribution in [2.24, 2.45) is 11.1 Å². The standard InChI is InChI=1S/C17H23N5O3S2/c1-5-22-14-7-6-12(27(19,24)25)8-13(14)20-16(22)26-9-15(23)21-17(4,10-18)11(2)3/h6-8,11H,5,9H2,1-4H3,(H,21,23)(H2,19,24,25)/t17-/m1/s1. The highest BCUT2D eigenvalue weighted by Crippen LogP contribution is 2.26. The van der Waals surface area contributed by atoms with Crippen LogP contribution in [-0.4, -0.2) is 35.2 Å². The number of carbonyl (C=O) groups excluding carboxylic acids is 1. The van der Waals surface area contributed by atoms with Crippen LogP contribution in [0.2, 0.25) is 0 Å². The van der Waals surface area contributed by atoms with Crippen molar-refractivity contribution >= 4 is 38.7 Å². The number of amides is 1. The van der Waals surface area contributed by atoms with Gasteiger partial charge in [0.25, 0.3) is 0 Å². The number of aromatic nitrogens is 2. The van der Waals surface area contributed by atoms with Gasteiger partial charge in [-0.25, -0.2) is 18.5 Å². The van der Waals surface area contributed by atoms with E-state index in [0.29, 0.717) is 17.2 Å². The molecule has 0 bridgehead atoms. The van der Waals surface area contributed by atoms with Crippen molar-refractivity contribution in [3.63, 3.8) is 0 Å². The topological polar surface area (TPSA) is 131 Å². The monoisotopic (exact) mass is 409 g/mol. The molecule has 27 heavy (non-hydrogen) atoms. The molecular weight excluding hydrogens is 386 g/mol. The number of benzene rings is 1. The summed E-state index contributed by atoms with van der Waals surface area (Å²) in [6.07, 6.45) is 0. The van der Waals surface area contributed by atoms with Crippen molar-refractivity contribution in [3.05, 3.63) is 18.2 Å². The fourth-order valence-electron chi connectivity index (χ4n) is 2.44. The third-order valence-corrected chi connectivity index (χ3v) is 6.34. The maximum atomic E-state index is 12.3. The average molecular weight is 410 g/mol. The van der Waals surface area contributed by atoms with Gasteiger partial charge in [-0.1, -0.05) is 25.6 Å². The molecule has 2 rings (SSSR count). The molecule has 0 aliphatic carbocycles. The molecule has 0 radical (unpaired) electrons. The molecule has 146 valence electrons. The quantitative estimate of drug-likeness (QED) is 0.671. The fourth-order valence-corrected chi connectivity index (χ4v) is 3.85. The highest BCUT2D eigenvalue weighted by Gasteiger charge is 2.30. The molecule has 0 aliphatic heterocycles. The molecule has 0 fully saturated rings. The molecule has 1 aromatic heterocycles. The van der Waals surface area contributed by atoms with Crippen molar-refractivity contribution in [2.45, 2.75) is 49.8 Å². The largest absolute Gasteiger partial charge is 0.337 e. The molecule has 1 amide bonds. The Morgan fingerprint density at radius 2 is 2.15 bits per heavy atom. The molecule has 1 atom stereocenters. The third-order valence-electron chi connectivity index (χ3n) is 4.45. The zero-order valence-corrected chi connectivity index (χ0v) is 17.3. The number of fused-ring (bicyclic) bond motifs is 1. The Balaban J connectivity index is 2.24. The molecule has 10 heteroatoms. The van der Waals surface area contributed by atoms with Crippen molar-refractivity contribution in [3.8, 4) is 6.07 Å². The molecule has 2 aromatic rings. The lowest BCUT2D eigenvalue weighted by atomic mass is 9.90. The third kappa shape index (κ3) is 4.61. The summed E-state index contributed by atoms with van der Waals surface area (Å²) in [5.74, 6) is -0.207. The van der Waals surface area contributed by atoms with Gasteiger partial charge in [0.2, 0.25) is 15.9 Å². The van der Waals surface area contributed by atoms with E-state index < -0.39 is 15.6 Å². The number of nitriles is 1. The van der Waals surface area contributed by atoms with Gasteiger partial charge in [0.1, 0.15) is 5.54 Å². The second-order valence-electron chi connectivity index (χ2n) is 6.64. The van der Waals surface area contributed by atoms with Gasteiger partial charge in [-0.3, -0.25) is 4.79 Å². The van der Waals surface area contributed by atoms with E-state index in [4.69, 9.17) is 5.14 Å². The van der Waals surface area contributed by atoms with E-state index in [-0.39, 0.29) is 22.5 Å². The van der Waals surface area contributed by atoms with Crippen LogP contribution >= 0.6 is 11.8 Å². The van der Waals surface area contributed by atoms with E-state index >= 15 is 0 Å². The Morgan fingerprint density at radius 3 is 2.67 bits per heavy atom. The number of rotatable bonds is 7. The lowest BCUT2D eigenvalue weighted by molar-refractivity contribution is -0.120. The van der Waals surface area contributed by atoms with Gasteiger partial charge in [-0.05, 0) is 38.0 Å². The van der Waals surface area contributed by atoms with E-state index in [9.17, 15) is 18.5 Å². The van der Waals surface area contributed by atoms with Crippen LogP contribution in [0, 0.1) is 17.2 Å². The second kappa shape index (κ2) is 7.88. The number of nitrogens with one attached hydrogen (secondary N) is 1. The number of imidazole rings is 1. The van der Waals surface area contributed by atoms with Gasteiger partial charge >= 0.3 is 0 Å². The van der Waals surface area contributed by atoms with Crippen LogP contribution in [-0.2, 0) is 21.4 Å². The average Bonchev–Trinajstić information content (AvgIpc) is 2.95. The Kier molecular flexibility index (Phi) is 6.19. The van der Waals surface area contributed by atoms with E-state index in [1.165, 1.54) is 23.9 Å². The maximum Gasteiger partial charge on any atom is 0.238 e. The lowest BCUT2D eigenvalue weighted by Gasteiger charge is -2.27. The Hall–Kier alpha value is -2.09. The van der Waals surface area contributed by atoms with Crippen molar-refractivity contribution in [1.82, 2.24) is 14.9 Å². The number of primary sulfonamides is 1. The van der Waals surface area contributed by atoms with Crippen LogP contribution in [0.25, 0.3) is 11.0 Å². The molecule has 0 aliphatic rings. The van der Waals surface area contributed by atoms with Gasteiger partial charge in [0.05, 0.1) is 27.8 Å². The Labute approximate surface area is 163 Å². The molecule has 0 saturated heterocycles. The molecule has 0 saturated carbocycles. The first-order chi connectivity index (χ1) is 12.5. The van der Waals surface area contributed by atoms with Crippen molar-refractivity contribution < 1.29 is 13.2 Å². The van der Waals surface area contributed by atoms with E-state index in [0.717, 1.165) is 5.52 Å². The van der Waals surface area contributed by atoms with Crippen molar-refractivity contribution in [2.75, 3.05) is 5.75 Å². The lowest BCUT2D eigenvalue weighted by Crippen LogP contribution is -2.49. The summed E-state index contributed by atoms with van der Waals surface area (Å²) in [5.41, 5.74) is 0.319. The first-order valence-corrected chi connectivity index (χ1v) is 10.9. The minimum Gasteiger partial charge on any atom is -0.337 e. The summed E-state index contributed by atoms with van der Waals surface area (Å²) in [6.45, 7) is 7.98. The van der Waals surface area contributed by atoms with Crippen LogP contribution in [0.15, 0.2) is 28.3 Å². The Morgan fingerprint density at radius 1 is 1.48 bits per heavy atom. The molecule has 3 N–H and O–H groups in total. The molecule has 0 spiro atoms. The smallest absolute Gasteiger partial charge is 0.238 e. The van der Waals surface area contributed by atoms with Crippen molar-refractivity contribution in [1.29, 1.82) is 5.26 Å².